The van der Waals surface area contributed by atoms with Crippen molar-refractivity contribution in [3.05, 3.63) is 82.0 Å². The van der Waals surface area contributed by atoms with Gasteiger partial charge in [-0.05, 0) is 43.0 Å². The summed E-state index contributed by atoms with van der Waals surface area (Å²) in [5, 5.41) is 14.4. The highest BCUT2D eigenvalue weighted by molar-refractivity contribution is 7.16. The van der Waals surface area contributed by atoms with E-state index >= 15 is 0 Å². The highest BCUT2D eigenvalue weighted by atomic mass is 32.1. The van der Waals surface area contributed by atoms with E-state index < -0.39 is 0 Å². The van der Waals surface area contributed by atoms with E-state index in [1.807, 2.05) is 62.4 Å². The molecule has 1 atom stereocenters. The number of benzene rings is 2. The maximum absolute atomic E-state index is 13.5. The van der Waals surface area contributed by atoms with Crippen LogP contribution in [0.3, 0.4) is 0 Å². The lowest BCUT2D eigenvalue weighted by Crippen LogP contribution is -2.40. The highest BCUT2D eigenvalue weighted by Crippen LogP contribution is 2.34. The first-order valence-electron chi connectivity index (χ1n) is 11.6. The van der Waals surface area contributed by atoms with Crippen LogP contribution in [0.5, 0.6) is 0 Å². The second-order valence-electron chi connectivity index (χ2n) is 8.83. The molecule has 1 aliphatic carbocycles. The Morgan fingerprint density at radius 2 is 1.97 bits per heavy atom. The zero-order chi connectivity index (χ0) is 23.2. The van der Waals surface area contributed by atoms with Crippen molar-refractivity contribution in [2.75, 3.05) is 4.90 Å². The van der Waals surface area contributed by atoms with E-state index in [0.29, 0.717) is 18.0 Å². The number of aromatic nitrogens is 1. The van der Waals surface area contributed by atoms with Gasteiger partial charge in [0.05, 0.1) is 34.9 Å². The van der Waals surface area contributed by atoms with Gasteiger partial charge in [0.1, 0.15) is 5.00 Å². The summed E-state index contributed by atoms with van der Waals surface area (Å²) in [5.41, 5.74) is 3.45. The lowest BCUT2D eigenvalue weighted by molar-refractivity contribution is 0.243. The Kier molecular flexibility index (Phi) is 7.41. The molecule has 5 nitrogen and oxygen atoms in total. The molecule has 2 amide bonds. The fourth-order valence-electron chi connectivity index (χ4n) is 4.49. The molecule has 0 spiro atoms. The molecular weight excluding hydrogens is 428 g/mol. The third kappa shape index (κ3) is 5.80. The van der Waals surface area contributed by atoms with Crippen molar-refractivity contribution in [2.24, 2.45) is 5.92 Å². The van der Waals surface area contributed by atoms with E-state index in [1.54, 1.807) is 22.3 Å². The summed E-state index contributed by atoms with van der Waals surface area (Å²) >= 11 is 1.62. The Morgan fingerprint density at radius 1 is 1.21 bits per heavy atom. The van der Waals surface area contributed by atoms with E-state index in [4.69, 9.17) is 4.98 Å². The minimum absolute atomic E-state index is 0.127. The van der Waals surface area contributed by atoms with Crippen molar-refractivity contribution in [3.8, 4) is 6.07 Å². The molecule has 1 unspecified atom stereocenters. The van der Waals surface area contributed by atoms with Gasteiger partial charge in [-0.15, -0.1) is 11.3 Å². The summed E-state index contributed by atoms with van der Waals surface area (Å²) in [6.07, 6.45) is 6.15. The van der Waals surface area contributed by atoms with Gasteiger partial charge in [0, 0.05) is 6.42 Å². The quantitative estimate of drug-likeness (QED) is 0.437. The third-order valence-electron chi connectivity index (χ3n) is 6.28. The normalized spacial score (nSPS) is 14.6. The summed E-state index contributed by atoms with van der Waals surface area (Å²) in [6, 6.07) is 19.3. The molecule has 1 N–H and O–H groups in total. The average Bonchev–Trinajstić information content (AvgIpc) is 3.47. The number of urea groups is 1. The number of nitriles is 1. The van der Waals surface area contributed by atoms with Crippen molar-refractivity contribution in [2.45, 2.75) is 58.5 Å². The predicted octanol–water partition coefficient (Wildman–Crippen LogP) is 6.53. The Morgan fingerprint density at radius 3 is 2.70 bits per heavy atom. The molecule has 3 aromatic rings. The number of nitrogens with zero attached hydrogens (tertiary/aromatic N) is 3. The molecular formula is C27H30N4OS. The van der Waals surface area contributed by atoms with Gasteiger partial charge in [-0.25, -0.2) is 9.78 Å². The van der Waals surface area contributed by atoms with Gasteiger partial charge in [0.25, 0.3) is 0 Å². The van der Waals surface area contributed by atoms with Gasteiger partial charge >= 0.3 is 6.03 Å². The molecule has 0 radical (unpaired) electrons. The number of amides is 2. The molecule has 2 aromatic carbocycles. The fraction of sp³-hybridized carbons (Fsp3) is 0.370. The van der Waals surface area contributed by atoms with Gasteiger partial charge in [-0.2, -0.15) is 5.26 Å². The summed E-state index contributed by atoms with van der Waals surface area (Å²) in [5.74, 6) is 0.705. The van der Waals surface area contributed by atoms with E-state index in [0.717, 1.165) is 33.3 Å². The van der Waals surface area contributed by atoms with Crippen LogP contribution in [0, 0.1) is 24.2 Å². The largest absolute Gasteiger partial charge is 0.331 e. The van der Waals surface area contributed by atoms with Crippen LogP contribution in [0.2, 0.25) is 0 Å². The summed E-state index contributed by atoms with van der Waals surface area (Å²) in [4.78, 5) is 20.1. The van der Waals surface area contributed by atoms with E-state index in [9.17, 15) is 10.1 Å². The number of nitrogens with one attached hydrogen (secondary N) is 1. The van der Waals surface area contributed by atoms with Crippen LogP contribution in [-0.2, 0) is 13.0 Å². The van der Waals surface area contributed by atoms with Crippen molar-refractivity contribution < 1.29 is 4.79 Å². The van der Waals surface area contributed by atoms with Gasteiger partial charge in [-0.1, -0.05) is 68.1 Å². The van der Waals surface area contributed by atoms with Crippen LogP contribution in [0.15, 0.2) is 54.6 Å². The Bertz CT molecular complexity index is 1130. The van der Waals surface area contributed by atoms with E-state index in [2.05, 4.69) is 11.4 Å². The number of rotatable bonds is 7. The number of carbonyl (C=O) groups is 1. The maximum Gasteiger partial charge on any atom is 0.323 e. The maximum atomic E-state index is 13.5. The summed E-state index contributed by atoms with van der Waals surface area (Å²) in [6.45, 7) is 4.36. The van der Waals surface area contributed by atoms with Crippen LogP contribution in [0.25, 0.3) is 0 Å². The Balaban J connectivity index is 1.60. The molecule has 6 heteroatoms. The average molecular weight is 459 g/mol. The first-order chi connectivity index (χ1) is 16.0. The molecule has 0 saturated heterocycles. The zero-order valence-electron chi connectivity index (χ0n) is 19.3. The SMILES string of the molecule is Cc1nc(CC2CCCC2)sc1N(Cc1cccc(C#N)c1)C(=O)NC(C)c1ccccc1. The summed E-state index contributed by atoms with van der Waals surface area (Å²) < 4.78 is 0. The van der Waals surface area contributed by atoms with Crippen LogP contribution in [-0.4, -0.2) is 11.0 Å². The summed E-state index contributed by atoms with van der Waals surface area (Å²) in [7, 11) is 0. The third-order valence-corrected chi connectivity index (χ3v) is 7.48. The smallest absolute Gasteiger partial charge is 0.323 e. The van der Waals surface area contributed by atoms with Gasteiger partial charge in [-0.3, -0.25) is 4.90 Å². The molecule has 4 rings (SSSR count). The zero-order valence-corrected chi connectivity index (χ0v) is 20.1. The van der Waals surface area contributed by atoms with Gasteiger partial charge in [0.15, 0.2) is 0 Å². The topological polar surface area (TPSA) is 69.0 Å². The van der Waals surface area contributed by atoms with E-state index in [1.165, 1.54) is 25.7 Å². The molecule has 170 valence electrons. The second-order valence-corrected chi connectivity index (χ2v) is 9.90. The molecule has 1 fully saturated rings. The number of thiazole rings is 1. The predicted molar refractivity (Wildman–Crippen MR) is 133 cm³/mol. The van der Waals surface area contributed by atoms with Crippen molar-refractivity contribution in [1.82, 2.24) is 10.3 Å². The number of anilines is 1. The fourth-order valence-corrected chi connectivity index (χ4v) is 5.66. The number of hydrogen-bond acceptors (Lipinski definition) is 4. The minimum atomic E-state index is -0.159. The van der Waals surface area contributed by atoms with Crippen molar-refractivity contribution >= 4 is 22.4 Å². The lowest BCUT2D eigenvalue weighted by Gasteiger charge is -2.25. The molecule has 1 saturated carbocycles. The molecule has 1 aliphatic rings. The van der Waals surface area contributed by atoms with Crippen LogP contribution in [0.4, 0.5) is 9.80 Å². The first kappa shape index (κ1) is 23.0. The van der Waals surface area contributed by atoms with Crippen molar-refractivity contribution in [3.63, 3.8) is 0 Å². The molecule has 0 aliphatic heterocycles. The monoisotopic (exact) mass is 458 g/mol. The van der Waals surface area contributed by atoms with Gasteiger partial charge in [0.2, 0.25) is 0 Å². The molecule has 1 aromatic heterocycles. The highest BCUT2D eigenvalue weighted by Gasteiger charge is 2.25. The van der Waals surface area contributed by atoms with Crippen LogP contribution < -0.4 is 10.2 Å². The van der Waals surface area contributed by atoms with E-state index in [-0.39, 0.29) is 12.1 Å². The second kappa shape index (κ2) is 10.6. The minimum Gasteiger partial charge on any atom is -0.331 e. The standard InChI is InChI=1S/C27H30N4OS/c1-19(24-13-4-3-5-14-24)30-27(32)31(18-23-12-8-11-22(15-23)17-28)26-20(2)29-25(33-26)16-21-9-6-7-10-21/h3-5,8,11-15,19,21H,6-7,9-10,16,18H2,1-2H3,(H,30,32). The van der Waals surface area contributed by atoms with Crippen LogP contribution >= 0.6 is 11.3 Å². The number of carbonyl (C=O) groups excluding carboxylic acids is 1. The Hall–Kier alpha value is -3.17. The molecule has 1 heterocycles. The molecule has 33 heavy (non-hydrogen) atoms. The lowest BCUT2D eigenvalue weighted by atomic mass is 10.1. The van der Waals surface area contributed by atoms with Crippen LogP contribution in [0.1, 0.15) is 66.0 Å². The number of hydrogen-bond donors (Lipinski definition) is 1. The molecule has 0 bridgehead atoms. The van der Waals surface area contributed by atoms with Crippen molar-refractivity contribution in [1.29, 1.82) is 5.26 Å². The number of aryl methyl sites for hydroxylation is 1. The Labute approximate surface area is 200 Å². The first-order valence-corrected chi connectivity index (χ1v) is 12.4. The van der Waals surface area contributed by atoms with Gasteiger partial charge < -0.3 is 5.32 Å².